The number of hydrogen-bond donors (Lipinski definition) is 3. The van der Waals surface area contributed by atoms with E-state index in [-0.39, 0.29) is 11.0 Å². The quantitative estimate of drug-likeness (QED) is 0.789. The Hall–Kier alpha value is -1.84. The Kier molecular flexibility index (Phi) is 5.53. The van der Waals surface area contributed by atoms with Gasteiger partial charge in [-0.15, -0.1) is 10.2 Å². The van der Waals surface area contributed by atoms with Crippen LogP contribution in [0.1, 0.15) is 39.1 Å². The molecule has 0 fully saturated rings. The molecule has 1 unspecified atom stereocenters. The van der Waals surface area contributed by atoms with E-state index in [2.05, 4.69) is 26.1 Å². The lowest BCUT2D eigenvalue weighted by atomic mass is 10.1. The van der Waals surface area contributed by atoms with Crippen LogP contribution < -0.4 is 16.0 Å². The molecule has 3 N–H and O–H groups in total. The molecular formula is C11H17F2N5O2S. The van der Waals surface area contributed by atoms with Gasteiger partial charge in [-0.25, -0.2) is 13.6 Å². The number of nitrogens with one attached hydrogen (secondary N) is 3. The van der Waals surface area contributed by atoms with E-state index in [1.54, 1.807) is 0 Å². The number of nitrogens with zero attached hydrogens (tertiary/aromatic N) is 2. The number of anilines is 1. The molecule has 0 bridgehead atoms. The third-order valence-corrected chi connectivity index (χ3v) is 2.93. The fraction of sp³-hybridized carbons (Fsp3) is 0.636. The first-order chi connectivity index (χ1) is 9.58. The van der Waals surface area contributed by atoms with Crippen LogP contribution in [0.25, 0.3) is 0 Å². The topological polar surface area (TPSA) is 96.0 Å². The van der Waals surface area contributed by atoms with Crippen molar-refractivity contribution in [1.82, 2.24) is 20.8 Å². The van der Waals surface area contributed by atoms with Gasteiger partial charge in [0.25, 0.3) is 6.43 Å². The van der Waals surface area contributed by atoms with Gasteiger partial charge in [0.15, 0.2) is 5.01 Å². The van der Waals surface area contributed by atoms with Gasteiger partial charge in [0.1, 0.15) is 6.04 Å². The largest absolute Gasteiger partial charge is 0.350 e. The lowest BCUT2D eigenvalue weighted by Gasteiger charge is -2.23. The Bertz CT molecular complexity index is 515. The molecule has 1 rings (SSSR count). The highest BCUT2D eigenvalue weighted by Gasteiger charge is 2.21. The highest BCUT2D eigenvalue weighted by Crippen LogP contribution is 2.24. The van der Waals surface area contributed by atoms with E-state index in [0.717, 1.165) is 0 Å². The highest BCUT2D eigenvalue weighted by molar-refractivity contribution is 7.15. The fourth-order valence-corrected chi connectivity index (χ4v) is 1.84. The Morgan fingerprint density at radius 1 is 1.24 bits per heavy atom. The van der Waals surface area contributed by atoms with Crippen LogP contribution in [-0.2, 0) is 4.79 Å². The Morgan fingerprint density at radius 3 is 2.33 bits per heavy atom. The molecule has 7 nitrogen and oxygen atoms in total. The molecule has 1 heterocycles. The van der Waals surface area contributed by atoms with Crippen molar-refractivity contribution in [3.05, 3.63) is 5.01 Å². The number of alkyl halides is 2. The first-order valence-electron chi connectivity index (χ1n) is 6.09. The van der Waals surface area contributed by atoms with Crippen LogP contribution in [0, 0.1) is 0 Å². The summed E-state index contributed by atoms with van der Waals surface area (Å²) >= 11 is 0.570. The minimum atomic E-state index is -2.74. The second-order valence-electron chi connectivity index (χ2n) is 5.31. The zero-order valence-corrected chi connectivity index (χ0v) is 12.8. The molecule has 0 aliphatic heterocycles. The van der Waals surface area contributed by atoms with Crippen LogP contribution in [0.5, 0.6) is 0 Å². The van der Waals surface area contributed by atoms with Crippen LogP contribution >= 0.6 is 11.3 Å². The summed E-state index contributed by atoms with van der Waals surface area (Å²) in [6.07, 6.45) is -2.74. The minimum Gasteiger partial charge on any atom is -0.350 e. The molecule has 21 heavy (non-hydrogen) atoms. The van der Waals surface area contributed by atoms with Crippen molar-refractivity contribution in [2.45, 2.75) is 45.7 Å². The molecule has 1 aromatic rings. The van der Waals surface area contributed by atoms with Gasteiger partial charge in [-0.05, 0) is 27.7 Å². The Labute approximate surface area is 124 Å². The fourth-order valence-electron chi connectivity index (χ4n) is 1.25. The van der Waals surface area contributed by atoms with Crippen molar-refractivity contribution in [3.63, 3.8) is 0 Å². The predicted molar refractivity (Wildman–Crippen MR) is 74.4 cm³/mol. The monoisotopic (exact) mass is 321 g/mol. The van der Waals surface area contributed by atoms with E-state index in [1.165, 1.54) is 6.92 Å². The third-order valence-electron chi connectivity index (χ3n) is 2.09. The first-order valence-corrected chi connectivity index (χ1v) is 6.91. The van der Waals surface area contributed by atoms with Gasteiger partial charge in [0.05, 0.1) is 0 Å². The maximum absolute atomic E-state index is 12.3. The molecule has 0 aromatic carbocycles. The summed E-state index contributed by atoms with van der Waals surface area (Å²) in [5, 5.41) is 13.4. The molecule has 0 saturated carbocycles. The van der Waals surface area contributed by atoms with Gasteiger partial charge in [0, 0.05) is 5.54 Å². The normalized spacial score (nSPS) is 12.9. The summed E-state index contributed by atoms with van der Waals surface area (Å²) in [5.41, 5.74) is -0.422. The van der Waals surface area contributed by atoms with Crippen LogP contribution in [0.15, 0.2) is 0 Å². The summed E-state index contributed by atoms with van der Waals surface area (Å²) in [6, 6.07) is -1.50. The summed E-state index contributed by atoms with van der Waals surface area (Å²) in [7, 11) is 0. The van der Waals surface area contributed by atoms with E-state index in [9.17, 15) is 18.4 Å². The van der Waals surface area contributed by atoms with E-state index < -0.39 is 29.0 Å². The van der Waals surface area contributed by atoms with Crippen molar-refractivity contribution in [2.24, 2.45) is 0 Å². The lowest BCUT2D eigenvalue weighted by molar-refractivity contribution is -0.123. The van der Waals surface area contributed by atoms with Gasteiger partial charge in [-0.1, -0.05) is 11.3 Å². The second-order valence-corrected chi connectivity index (χ2v) is 6.31. The van der Waals surface area contributed by atoms with Crippen molar-refractivity contribution < 1.29 is 18.4 Å². The molecule has 1 aromatic heterocycles. The number of halogens is 2. The maximum Gasteiger partial charge on any atom is 0.321 e. The van der Waals surface area contributed by atoms with Crippen LogP contribution in [-0.4, -0.2) is 33.7 Å². The molecule has 0 radical (unpaired) electrons. The summed E-state index contributed by atoms with van der Waals surface area (Å²) < 4.78 is 24.6. The second kappa shape index (κ2) is 6.74. The van der Waals surface area contributed by atoms with Gasteiger partial charge < -0.3 is 10.6 Å². The molecule has 0 aliphatic carbocycles. The molecule has 118 valence electrons. The SMILES string of the molecule is CC(NC(=O)Nc1nnc(C(F)F)s1)C(=O)NC(C)(C)C. The number of carbonyl (C=O) groups is 2. The van der Waals surface area contributed by atoms with Crippen molar-refractivity contribution in [3.8, 4) is 0 Å². The zero-order valence-electron chi connectivity index (χ0n) is 12.0. The van der Waals surface area contributed by atoms with Crippen molar-refractivity contribution in [2.75, 3.05) is 5.32 Å². The van der Waals surface area contributed by atoms with Crippen LogP contribution in [0.4, 0.5) is 18.7 Å². The summed E-state index contributed by atoms with van der Waals surface area (Å²) in [5.74, 6) is -0.358. The van der Waals surface area contributed by atoms with E-state index >= 15 is 0 Å². The van der Waals surface area contributed by atoms with Gasteiger partial charge >= 0.3 is 6.03 Å². The van der Waals surface area contributed by atoms with E-state index in [0.29, 0.717) is 11.3 Å². The number of hydrogen-bond acceptors (Lipinski definition) is 5. The Balaban J connectivity index is 2.51. The number of urea groups is 1. The average molecular weight is 321 g/mol. The number of aromatic nitrogens is 2. The van der Waals surface area contributed by atoms with Crippen molar-refractivity contribution >= 4 is 28.4 Å². The van der Waals surface area contributed by atoms with Crippen LogP contribution in [0.3, 0.4) is 0 Å². The number of carbonyl (C=O) groups excluding carboxylic acids is 2. The minimum absolute atomic E-state index is 0.0637. The highest BCUT2D eigenvalue weighted by atomic mass is 32.1. The average Bonchev–Trinajstić information content (AvgIpc) is 2.74. The molecular weight excluding hydrogens is 304 g/mol. The molecule has 10 heteroatoms. The van der Waals surface area contributed by atoms with Gasteiger partial charge in [-0.3, -0.25) is 10.1 Å². The standard InChI is InChI=1S/C11H17F2N5O2S/c1-5(7(19)16-11(2,3)4)14-9(20)15-10-18-17-8(21-10)6(12)13/h5-6H,1-4H3,(H,16,19)(H2,14,15,18,20). The molecule has 3 amide bonds. The molecule has 1 atom stereocenters. The van der Waals surface area contributed by atoms with Gasteiger partial charge in [0.2, 0.25) is 11.0 Å². The smallest absolute Gasteiger partial charge is 0.321 e. The number of amides is 3. The summed E-state index contributed by atoms with van der Waals surface area (Å²) in [4.78, 5) is 23.4. The van der Waals surface area contributed by atoms with E-state index in [4.69, 9.17) is 0 Å². The van der Waals surface area contributed by atoms with E-state index in [1.807, 2.05) is 20.8 Å². The first kappa shape index (κ1) is 17.2. The summed E-state index contributed by atoms with van der Waals surface area (Å²) in [6.45, 7) is 6.94. The zero-order chi connectivity index (χ0) is 16.2. The Morgan fingerprint density at radius 2 is 1.86 bits per heavy atom. The van der Waals surface area contributed by atoms with Crippen molar-refractivity contribution in [1.29, 1.82) is 0 Å². The number of rotatable bonds is 4. The lowest BCUT2D eigenvalue weighted by Crippen LogP contribution is -2.51. The van der Waals surface area contributed by atoms with Crippen LogP contribution in [0.2, 0.25) is 0 Å². The maximum atomic E-state index is 12.3. The molecule has 0 saturated heterocycles. The predicted octanol–water partition coefficient (Wildman–Crippen LogP) is 1.90. The molecule has 0 spiro atoms. The third kappa shape index (κ3) is 5.98. The van der Waals surface area contributed by atoms with Gasteiger partial charge in [-0.2, -0.15) is 0 Å². The molecule has 0 aliphatic rings.